The highest BCUT2D eigenvalue weighted by atomic mass is 35.5. The first-order valence-electron chi connectivity index (χ1n) is 5.78. The highest BCUT2D eigenvalue weighted by Crippen LogP contribution is 2.19. The van der Waals surface area contributed by atoms with E-state index in [-0.39, 0.29) is 6.10 Å². The summed E-state index contributed by atoms with van der Waals surface area (Å²) in [5, 5.41) is 0.568. The van der Waals surface area contributed by atoms with Gasteiger partial charge in [0.2, 0.25) is 0 Å². The Kier molecular flexibility index (Phi) is 3.77. The highest BCUT2D eigenvalue weighted by Gasteiger charge is 2.16. The molecule has 1 unspecified atom stereocenters. The summed E-state index contributed by atoms with van der Waals surface area (Å²) in [5.74, 6) is 0.806. The third kappa shape index (κ3) is 2.71. The van der Waals surface area contributed by atoms with Crippen LogP contribution in [0.25, 0.3) is 0 Å². The van der Waals surface area contributed by atoms with Crippen molar-refractivity contribution in [3.05, 3.63) is 22.2 Å². The van der Waals surface area contributed by atoms with Gasteiger partial charge in [-0.15, -0.1) is 0 Å². The van der Waals surface area contributed by atoms with Crippen LogP contribution in [-0.4, -0.2) is 22.7 Å². The number of nitrogens with zero attached hydrogens (tertiary/aromatic N) is 2. The molecular weight excluding hydrogens is 224 g/mol. The average molecular weight is 241 g/mol. The first kappa shape index (κ1) is 11.8. The summed E-state index contributed by atoms with van der Waals surface area (Å²) in [6.45, 7) is 4.77. The van der Waals surface area contributed by atoms with E-state index < -0.39 is 0 Å². The molecule has 0 spiro atoms. The van der Waals surface area contributed by atoms with E-state index in [0.717, 1.165) is 36.5 Å². The van der Waals surface area contributed by atoms with Crippen LogP contribution in [-0.2, 0) is 11.2 Å². The zero-order chi connectivity index (χ0) is 11.5. The monoisotopic (exact) mass is 240 g/mol. The minimum atomic E-state index is 0.270. The van der Waals surface area contributed by atoms with Crippen LogP contribution in [0.3, 0.4) is 0 Å². The zero-order valence-corrected chi connectivity index (χ0v) is 10.5. The summed E-state index contributed by atoms with van der Waals surface area (Å²) in [5.41, 5.74) is 1.93. The van der Waals surface area contributed by atoms with E-state index >= 15 is 0 Å². The van der Waals surface area contributed by atoms with Crippen LogP contribution in [0.4, 0.5) is 0 Å². The van der Waals surface area contributed by atoms with E-state index in [1.54, 1.807) is 0 Å². The molecule has 0 amide bonds. The van der Waals surface area contributed by atoms with E-state index in [1.807, 2.05) is 13.8 Å². The van der Waals surface area contributed by atoms with E-state index in [0.29, 0.717) is 5.15 Å². The average Bonchev–Trinajstić information content (AvgIpc) is 2.27. The first-order chi connectivity index (χ1) is 7.66. The lowest BCUT2D eigenvalue weighted by Gasteiger charge is -2.22. The molecule has 1 aliphatic rings. The molecule has 0 aliphatic carbocycles. The fourth-order valence-corrected chi connectivity index (χ4v) is 2.15. The Morgan fingerprint density at radius 3 is 2.75 bits per heavy atom. The van der Waals surface area contributed by atoms with Gasteiger partial charge < -0.3 is 4.74 Å². The minimum Gasteiger partial charge on any atom is -0.378 e. The van der Waals surface area contributed by atoms with Gasteiger partial charge in [-0.3, -0.25) is 0 Å². The van der Waals surface area contributed by atoms with Gasteiger partial charge >= 0.3 is 0 Å². The Morgan fingerprint density at radius 1 is 1.31 bits per heavy atom. The molecule has 2 heterocycles. The third-order valence-corrected chi connectivity index (χ3v) is 3.43. The molecule has 0 bridgehead atoms. The van der Waals surface area contributed by atoms with Crippen LogP contribution in [0.2, 0.25) is 5.15 Å². The molecule has 16 heavy (non-hydrogen) atoms. The maximum absolute atomic E-state index is 6.04. The van der Waals surface area contributed by atoms with Crippen molar-refractivity contribution in [2.45, 2.75) is 45.6 Å². The predicted molar refractivity (Wildman–Crippen MR) is 63.8 cm³/mol. The Bertz CT molecular complexity index is 352. The summed E-state index contributed by atoms with van der Waals surface area (Å²) in [4.78, 5) is 8.75. The Labute approximate surface area is 101 Å². The van der Waals surface area contributed by atoms with Gasteiger partial charge in [0, 0.05) is 24.3 Å². The molecule has 88 valence electrons. The van der Waals surface area contributed by atoms with Gasteiger partial charge in [0.1, 0.15) is 11.0 Å². The van der Waals surface area contributed by atoms with Crippen LogP contribution < -0.4 is 0 Å². The molecule has 1 fully saturated rings. The molecule has 3 nitrogen and oxygen atoms in total. The third-order valence-electron chi connectivity index (χ3n) is 3.06. The number of aryl methyl sites for hydroxylation is 1. The molecule has 1 aromatic rings. The quantitative estimate of drug-likeness (QED) is 0.746. The summed E-state index contributed by atoms with van der Waals surface area (Å²) < 4.78 is 5.67. The maximum atomic E-state index is 6.04. The van der Waals surface area contributed by atoms with Gasteiger partial charge in [-0.05, 0) is 33.1 Å². The zero-order valence-electron chi connectivity index (χ0n) is 9.79. The number of ether oxygens (including phenoxy) is 1. The molecular formula is C12H17ClN2O. The van der Waals surface area contributed by atoms with Gasteiger partial charge in [-0.25, -0.2) is 9.97 Å². The van der Waals surface area contributed by atoms with Crippen molar-refractivity contribution in [3.63, 3.8) is 0 Å². The second-order valence-corrected chi connectivity index (χ2v) is 4.69. The van der Waals surface area contributed by atoms with Crippen LogP contribution >= 0.6 is 11.6 Å². The van der Waals surface area contributed by atoms with E-state index in [4.69, 9.17) is 16.3 Å². The molecule has 0 saturated carbocycles. The molecule has 0 N–H and O–H groups in total. The summed E-state index contributed by atoms with van der Waals surface area (Å²) in [6.07, 6.45) is 4.56. The summed E-state index contributed by atoms with van der Waals surface area (Å²) in [6, 6.07) is 0. The van der Waals surface area contributed by atoms with Crippen LogP contribution in [0.1, 0.15) is 36.3 Å². The van der Waals surface area contributed by atoms with E-state index in [2.05, 4.69) is 9.97 Å². The molecule has 1 saturated heterocycles. The largest absolute Gasteiger partial charge is 0.378 e. The lowest BCUT2D eigenvalue weighted by Crippen LogP contribution is -2.22. The second kappa shape index (κ2) is 5.11. The van der Waals surface area contributed by atoms with Crippen LogP contribution in [0.15, 0.2) is 0 Å². The van der Waals surface area contributed by atoms with Crippen molar-refractivity contribution in [2.75, 3.05) is 6.61 Å². The Hall–Kier alpha value is -0.670. The highest BCUT2D eigenvalue weighted by molar-refractivity contribution is 6.30. The van der Waals surface area contributed by atoms with Gasteiger partial charge in [-0.2, -0.15) is 0 Å². The van der Waals surface area contributed by atoms with Crippen molar-refractivity contribution in [3.8, 4) is 0 Å². The van der Waals surface area contributed by atoms with E-state index in [1.165, 1.54) is 12.8 Å². The molecule has 0 radical (unpaired) electrons. The first-order valence-corrected chi connectivity index (χ1v) is 6.16. The maximum Gasteiger partial charge on any atom is 0.135 e. The predicted octanol–water partition coefficient (Wildman–Crippen LogP) is 2.86. The topological polar surface area (TPSA) is 35.0 Å². The lowest BCUT2D eigenvalue weighted by atomic mass is 10.1. The molecule has 4 heteroatoms. The summed E-state index contributed by atoms with van der Waals surface area (Å²) >= 11 is 6.04. The van der Waals surface area contributed by atoms with Crippen molar-refractivity contribution < 1.29 is 4.74 Å². The lowest BCUT2D eigenvalue weighted by molar-refractivity contribution is 0.0156. The van der Waals surface area contributed by atoms with Gasteiger partial charge in [0.05, 0.1) is 6.10 Å². The minimum absolute atomic E-state index is 0.270. The fraction of sp³-hybridized carbons (Fsp3) is 0.667. The molecule has 2 rings (SSSR count). The van der Waals surface area contributed by atoms with Gasteiger partial charge in [-0.1, -0.05) is 11.6 Å². The number of aromatic nitrogens is 2. The SMILES string of the molecule is Cc1nc(CC2CCCCO2)nc(Cl)c1C. The Morgan fingerprint density at radius 2 is 2.12 bits per heavy atom. The molecule has 1 aliphatic heterocycles. The smallest absolute Gasteiger partial charge is 0.135 e. The van der Waals surface area contributed by atoms with Crippen molar-refractivity contribution >= 4 is 11.6 Å². The Balaban J connectivity index is 2.09. The van der Waals surface area contributed by atoms with Crippen LogP contribution in [0, 0.1) is 13.8 Å². The molecule has 1 atom stereocenters. The second-order valence-electron chi connectivity index (χ2n) is 4.33. The van der Waals surface area contributed by atoms with E-state index in [9.17, 15) is 0 Å². The van der Waals surface area contributed by atoms with Gasteiger partial charge in [0.25, 0.3) is 0 Å². The fourth-order valence-electron chi connectivity index (χ4n) is 1.91. The molecule has 0 aromatic carbocycles. The van der Waals surface area contributed by atoms with Gasteiger partial charge in [0.15, 0.2) is 0 Å². The van der Waals surface area contributed by atoms with Crippen molar-refractivity contribution in [1.29, 1.82) is 0 Å². The number of rotatable bonds is 2. The number of hydrogen-bond acceptors (Lipinski definition) is 3. The standard InChI is InChI=1S/C12H17ClN2O/c1-8-9(2)14-11(15-12(8)13)7-10-5-3-4-6-16-10/h10H,3-7H2,1-2H3. The van der Waals surface area contributed by atoms with Crippen LogP contribution in [0.5, 0.6) is 0 Å². The normalized spacial score (nSPS) is 21.1. The molecule has 1 aromatic heterocycles. The summed E-state index contributed by atoms with van der Waals surface area (Å²) in [7, 11) is 0. The van der Waals surface area contributed by atoms with Crippen molar-refractivity contribution in [1.82, 2.24) is 9.97 Å². The number of hydrogen-bond donors (Lipinski definition) is 0. The number of halogens is 1. The van der Waals surface area contributed by atoms with Crippen molar-refractivity contribution in [2.24, 2.45) is 0 Å².